The van der Waals surface area contributed by atoms with Gasteiger partial charge in [-0.05, 0) is 93.3 Å². The molecule has 3 nitrogen and oxygen atoms in total. The monoisotopic (exact) mass is 355 g/mol. The molecule has 4 aliphatic rings. The van der Waals surface area contributed by atoms with Gasteiger partial charge in [-0.3, -0.25) is 4.79 Å². The summed E-state index contributed by atoms with van der Waals surface area (Å²) >= 11 is 0. The standard InChI is InChI=1S/C23H33NO2/c1-24(2)9-10-26-22(25)8-5-17-3-6-21(7-4-17)23-14-18-11-19(15-23)13-20(12-18)16-23/h3-4,6-7,18-20H,5,8-16H2,1-2H3. The molecule has 0 atom stereocenters. The largest absolute Gasteiger partial charge is 0.464 e. The third-order valence-electron chi connectivity index (χ3n) is 7.02. The minimum absolute atomic E-state index is 0.0861. The van der Waals surface area contributed by atoms with Crippen molar-refractivity contribution in [1.29, 1.82) is 0 Å². The molecule has 0 unspecified atom stereocenters. The fraction of sp³-hybridized carbons (Fsp3) is 0.696. The summed E-state index contributed by atoms with van der Waals surface area (Å²) in [5.74, 6) is 2.87. The molecule has 4 saturated carbocycles. The zero-order chi connectivity index (χ0) is 18.1. The van der Waals surface area contributed by atoms with Crippen molar-refractivity contribution in [3.8, 4) is 0 Å². The maximum Gasteiger partial charge on any atom is 0.306 e. The second kappa shape index (κ2) is 7.34. The normalized spacial score (nSPS) is 32.2. The van der Waals surface area contributed by atoms with E-state index in [0.29, 0.717) is 18.4 Å². The number of rotatable bonds is 7. The molecule has 1 aromatic carbocycles. The van der Waals surface area contributed by atoms with E-state index in [4.69, 9.17) is 4.74 Å². The number of nitrogens with zero attached hydrogens (tertiary/aromatic N) is 1. The van der Waals surface area contributed by atoms with Gasteiger partial charge in [0.05, 0.1) is 0 Å². The van der Waals surface area contributed by atoms with E-state index in [9.17, 15) is 4.79 Å². The Labute approximate surface area is 158 Å². The van der Waals surface area contributed by atoms with Gasteiger partial charge in [-0.2, -0.15) is 0 Å². The molecule has 4 bridgehead atoms. The van der Waals surface area contributed by atoms with E-state index in [2.05, 4.69) is 24.3 Å². The fourth-order valence-corrected chi connectivity index (χ4v) is 6.15. The first-order chi connectivity index (χ1) is 12.5. The number of ether oxygens (including phenoxy) is 1. The number of hydrogen-bond donors (Lipinski definition) is 0. The molecule has 1 aromatic rings. The molecular weight excluding hydrogens is 322 g/mol. The first-order valence-electron chi connectivity index (χ1n) is 10.4. The van der Waals surface area contributed by atoms with Crippen LogP contribution in [-0.2, 0) is 21.4 Å². The zero-order valence-corrected chi connectivity index (χ0v) is 16.4. The van der Waals surface area contributed by atoms with Crippen molar-refractivity contribution in [2.24, 2.45) is 17.8 Å². The van der Waals surface area contributed by atoms with Crippen LogP contribution in [0.1, 0.15) is 56.1 Å². The van der Waals surface area contributed by atoms with Gasteiger partial charge in [-0.25, -0.2) is 0 Å². The van der Waals surface area contributed by atoms with E-state index >= 15 is 0 Å². The molecule has 0 N–H and O–H groups in total. The van der Waals surface area contributed by atoms with Crippen LogP contribution in [-0.4, -0.2) is 38.1 Å². The summed E-state index contributed by atoms with van der Waals surface area (Å²) in [6, 6.07) is 9.22. The lowest BCUT2D eigenvalue weighted by molar-refractivity contribution is -0.143. The average Bonchev–Trinajstić information content (AvgIpc) is 2.59. The Morgan fingerprint density at radius 1 is 1.04 bits per heavy atom. The van der Waals surface area contributed by atoms with Crippen LogP contribution in [0.25, 0.3) is 0 Å². The van der Waals surface area contributed by atoms with Gasteiger partial charge in [0.1, 0.15) is 6.61 Å². The number of carbonyl (C=O) groups is 1. The summed E-state index contributed by atoms with van der Waals surface area (Å²) in [4.78, 5) is 13.9. The van der Waals surface area contributed by atoms with Crippen LogP contribution >= 0.6 is 0 Å². The summed E-state index contributed by atoms with van der Waals surface area (Å²) in [7, 11) is 3.97. The molecule has 0 radical (unpaired) electrons. The highest BCUT2D eigenvalue weighted by molar-refractivity contribution is 5.69. The van der Waals surface area contributed by atoms with Gasteiger partial charge in [0.2, 0.25) is 0 Å². The van der Waals surface area contributed by atoms with E-state index in [0.717, 1.165) is 30.7 Å². The second-order valence-corrected chi connectivity index (χ2v) is 9.42. The molecule has 5 rings (SSSR count). The van der Waals surface area contributed by atoms with Crippen LogP contribution in [0.4, 0.5) is 0 Å². The molecule has 26 heavy (non-hydrogen) atoms. The van der Waals surface area contributed by atoms with E-state index in [1.807, 2.05) is 19.0 Å². The van der Waals surface area contributed by atoms with Gasteiger partial charge in [0.15, 0.2) is 0 Å². The average molecular weight is 356 g/mol. The number of carbonyl (C=O) groups excluding carboxylic acids is 1. The van der Waals surface area contributed by atoms with Crippen LogP contribution in [0.5, 0.6) is 0 Å². The Hall–Kier alpha value is -1.35. The van der Waals surface area contributed by atoms with Crippen molar-refractivity contribution in [3.63, 3.8) is 0 Å². The molecule has 4 fully saturated rings. The number of likely N-dealkylation sites (N-methyl/N-ethyl adjacent to an activating group) is 1. The van der Waals surface area contributed by atoms with E-state index in [1.165, 1.54) is 44.1 Å². The maximum atomic E-state index is 11.9. The quantitative estimate of drug-likeness (QED) is 0.687. The number of aryl methyl sites for hydroxylation is 1. The summed E-state index contributed by atoms with van der Waals surface area (Å²) in [6.07, 6.45) is 9.98. The molecule has 0 amide bonds. The van der Waals surface area contributed by atoms with Crippen molar-refractivity contribution in [1.82, 2.24) is 4.90 Å². The van der Waals surface area contributed by atoms with Crippen molar-refractivity contribution < 1.29 is 9.53 Å². The van der Waals surface area contributed by atoms with Gasteiger partial charge in [-0.15, -0.1) is 0 Å². The second-order valence-electron chi connectivity index (χ2n) is 9.42. The van der Waals surface area contributed by atoms with Gasteiger partial charge in [0, 0.05) is 13.0 Å². The highest BCUT2D eigenvalue weighted by atomic mass is 16.5. The van der Waals surface area contributed by atoms with Crippen LogP contribution in [0.2, 0.25) is 0 Å². The van der Waals surface area contributed by atoms with Gasteiger partial charge >= 0.3 is 5.97 Å². The lowest BCUT2D eigenvalue weighted by atomic mass is 9.48. The predicted molar refractivity (Wildman–Crippen MR) is 104 cm³/mol. The van der Waals surface area contributed by atoms with Crippen molar-refractivity contribution >= 4 is 5.97 Å². The van der Waals surface area contributed by atoms with Crippen LogP contribution in [0, 0.1) is 17.8 Å². The molecule has 0 spiro atoms. The topological polar surface area (TPSA) is 29.5 Å². The molecule has 4 aliphatic carbocycles. The highest BCUT2D eigenvalue weighted by Gasteiger charge is 2.51. The van der Waals surface area contributed by atoms with Crippen LogP contribution in [0.15, 0.2) is 24.3 Å². The zero-order valence-electron chi connectivity index (χ0n) is 16.4. The van der Waals surface area contributed by atoms with Crippen LogP contribution in [0.3, 0.4) is 0 Å². The Bertz CT molecular complexity index is 599. The maximum absolute atomic E-state index is 11.9. The molecule has 0 aliphatic heterocycles. The minimum atomic E-state index is -0.0861. The lowest BCUT2D eigenvalue weighted by Gasteiger charge is -2.57. The highest BCUT2D eigenvalue weighted by Crippen LogP contribution is 2.60. The SMILES string of the molecule is CN(C)CCOC(=O)CCc1ccc(C23CC4CC(CC(C4)C2)C3)cc1. The van der Waals surface area contributed by atoms with Crippen molar-refractivity contribution in [2.75, 3.05) is 27.2 Å². The lowest BCUT2D eigenvalue weighted by Crippen LogP contribution is -2.48. The van der Waals surface area contributed by atoms with Crippen molar-refractivity contribution in [3.05, 3.63) is 35.4 Å². The number of esters is 1. The van der Waals surface area contributed by atoms with Crippen LogP contribution < -0.4 is 0 Å². The molecule has 142 valence electrons. The first-order valence-corrected chi connectivity index (χ1v) is 10.4. The third-order valence-corrected chi connectivity index (χ3v) is 7.02. The van der Waals surface area contributed by atoms with E-state index in [-0.39, 0.29) is 5.97 Å². The van der Waals surface area contributed by atoms with Gasteiger partial charge in [-0.1, -0.05) is 24.3 Å². The van der Waals surface area contributed by atoms with E-state index in [1.54, 1.807) is 5.56 Å². The number of hydrogen-bond acceptors (Lipinski definition) is 3. The Balaban J connectivity index is 1.32. The van der Waals surface area contributed by atoms with Gasteiger partial charge in [0.25, 0.3) is 0 Å². The summed E-state index contributed by atoms with van der Waals surface area (Å²) in [6.45, 7) is 1.27. The summed E-state index contributed by atoms with van der Waals surface area (Å²) in [5, 5.41) is 0. The van der Waals surface area contributed by atoms with Gasteiger partial charge < -0.3 is 9.64 Å². The number of benzene rings is 1. The Morgan fingerprint density at radius 3 is 2.15 bits per heavy atom. The summed E-state index contributed by atoms with van der Waals surface area (Å²) < 4.78 is 5.28. The molecule has 0 aromatic heterocycles. The molecule has 0 saturated heterocycles. The summed E-state index contributed by atoms with van der Waals surface area (Å²) in [5.41, 5.74) is 3.29. The molecule has 0 heterocycles. The van der Waals surface area contributed by atoms with Crippen molar-refractivity contribution in [2.45, 2.75) is 56.8 Å². The first kappa shape index (κ1) is 18.0. The predicted octanol–water partition coefficient (Wildman–Crippen LogP) is 4.19. The Kier molecular flexibility index (Phi) is 5.09. The van der Waals surface area contributed by atoms with E-state index < -0.39 is 0 Å². The Morgan fingerprint density at radius 2 is 1.62 bits per heavy atom. The third kappa shape index (κ3) is 3.83. The molecular formula is C23H33NO2. The molecule has 3 heteroatoms. The fourth-order valence-electron chi connectivity index (χ4n) is 6.15. The minimum Gasteiger partial charge on any atom is -0.464 e. The smallest absolute Gasteiger partial charge is 0.306 e.